The number of H-pyrrole nitrogens is 1. The van der Waals surface area contributed by atoms with Crippen LogP contribution in [-0.2, 0) is 49.1 Å². The lowest BCUT2D eigenvalue weighted by molar-refractivity contribution is -0.139. The van der Waals surface area contributed by atoms with E-state index in [0.29, 0.717) is 25.1 Å². The number of phosphoric ester groups is 1. The third-order valence-corrected chi connectivity index (χ3v) is 8.47. The number of hydrogen-bond acceptors (Lipinski definition) is 11. The van der Waals surface area contributed by atoms with Crippen molar-refractivity contribution in [2.45, 2.75) is 103 Å². The Morgan fingerprint density at radius 1 is 0.961 bits per heavy atom. The Hall–Kier alpha value is -4.43. The molecule has 0 saturated carbocycles. The molecule has 1 aliphatic rings. The molecule has 1 fully saturated rings. The molecule has 0 aliphatic carbocycles. The summed E-state index contributed by atoms with van der Waals surface area (Å²) in [6.07, 6.45) is 2.00. The van der Waals surface area contributed by atoms with E-state index in [-0.39, 0.29) is 24.7 Å². The normalized spacial score (nSPS) is 18.1. The molecule has 0 bridgehead atoms. The van der Waals surface area contributed by atoms with Crippen molar-refractivity contribution in [2.75, 3.05) is 13.2 Å². The fraction of sp³-hybridized carbons (Fsp3) is 0.655. The van der Waals surface area contributed by atoms with E-state index in [1.165, 1.54) is 31.3 Å². The lowest BCUT2D eigenvalue weighted by Crippen LogP contribution is -2.62. The van der Waals surface area contributed by atoms with Crippen LogP contribution in [0.3, 0.4) is 0 Å². The Labute approximate surface area is 293 Å². The van der Waals surface area contributed by atoms with Gasteiger partial charge in [-0.2, -0.15) is 0 Å². The van der Waals surface area contributed by atoms with Gasteiger partial charge < -0.3 is 57.1 Å². The Morgan fingerprint density at radius 3 is 2.10 bits per heavy atom. The fourth-order valence-corrected chi connectivity index (χ4v) is 5.81. The van der Waals surface area contributed by atoms with E-state index in [9.17, 15) is 53.0 Å². The molecule has 286 valence electrons. The first kappa shape index (κ1) is 42.7. The van der Waals surface area contributed by atoms with E-state index in [1.807, 2.05) is 13.8 Å². The molecule has 1 saturated heterocycles. The topological polar surface area (TPSA) is 325 Å². The van der Waals surface area contributed by atoms with Gasteiger partial charge in [-0.25, -0.2) is 9.55 Å². The van der Waals surface area contributed by atoms with Crippen LogP contribution < -0.4 is 32.3 Å². The molecule has 0 radical (unpaired) electrons. The van der Waals surface area contributed by atoms with Gasteiger partial charge in [0.2, 0.25) is 41.4 Å². The maximum absolute atomic E-state index is 13.6. The maximum atomic E-state index is 13.6. The molecule has 0 spiro atoms. The van der Waals surface area contributed by atoms with E-state index < -0.39 is 92.2 Å². The van der Waals surface area contributed by atoms with Crippen LogP contribution in [0.4, 0.5) is 0 Å². The van der Waals surface area contributed by atoms with E-state index in [0.717, 1.165) is 6.92 Å². The fourth-order valence-electron chi connectivity index (χ4n) is 5.25. The molecule has 7 amide bonds. The highest BCUT2D eigenvalue weighted by Gasteiger charge is 2.38. The van der Waals surface area contributed by atoms with Crippen molar-refractivity contribution >= 4 is 49.2 Å². The van der Waals surface area contributed by atoms with E-state index in [1.54, 1.807) is 0 Å². The second-order valence-corrected chi connectivity index (χ2v) is 13.8. The molecular weight excluding hydrogens is 697 g/mol. The lowest BCUT2D eigenvalue weighted by atomic mass is 10.0. The number of carbonyl (C=O) groups excluding carboxylic acids is 7. The molecule has 21 nitrogen and oxygen atoms in total. The van der Waals surface area contributed by atoms with Crippen molar-refractivity contribution in [1.82, 2.24) is 41.5 Å². The molecule has 2 rings (SSSR count). The highest BCUT2D eigenvalue weighted by molar-refractivity contribution is 7.46. The van der Waals surface area contributed by atoms with Gasteiger partial charge in [-0.1, -0.05) is 13.8 Å². The van der Waals surface area contributed by atoms with E-state index in [4.69, 9.17) is 5.73 Å². The highest BCUT2D eigenvalue weighted by atomic mass is 31.2. The van der Waals surface area contributed by atoms with Crippen molar-refractivity contribution in [3.63, 3.8) is 0 Å². The number of phosphoric acid groups is 1. The zero-order valence-electron chi connectivity index (χ0n) is 29.0. The summed E-state index contributed by atoms with van der Waals surface area (Å²) in [6.45, 7) is 6.59. The lowest BCUT2D eigenvalue weighted by Gasteiger charge is -2.29. The molecule has 2 heterocycles. The maximum Gasteiger partial charge on any atom is 0.469 e. The Balaban J connectivity index is 2.29. The average molecular weight is 746 g/mol. The summed E-state index contributed by atoms with van der Waals surface area (Å²) >= 11 is 0. The molecular formula is C29H48N9O12P. The number of carbonyl (C=O) groups is 7. The zero-order chi connectivity index (χ0) is 38.6. The van der Waals surface area contributed by atoms with Gasteiger partial charge in [0.1, 0.15) is 36.3 Å². The molecule has 11 N–H and O–H groups in total. The number of aliphatic hydroxyl groups excluding tert-OH is 1. The number of hydrogen-bond donors (Lipinski definition) is 10. The number of amides is 7. The van der Waals surface area contributed by atoms with Crippen molar-refractivity contribution in [3.8, 4) is 0 Å². The second kappa shape index (κ2) is 19.3. The summed E-state index contributed by atoms with van der Waals surface area (Å²) in [5.41, 5.74) is 5.55. The Morgan fingerprint density at radius 2 is 1.57 bits per heavy atom. The van der Waals surface area contributed by atoms with Gasteiger partial charge in [0, 0.05) is 31.8 Å². The summed E-state index contributed by atoms with van der Waals surface area (Å²) < 4.78 is 16.0. The molecule has 1 aromatic heterocycles. The molecule has 0 aromatic carbocycles. The predicted octanol–water partition coefficient (Wildman–Crippen LogP) is -3.57. The molecule has 7 atom stereocenters. The van der Waals surface area contributed by atoms with Crippen LogP contribution in [-0.4, -0.2) is 127 Å². The summed E-state index contributed by atoms with van der Waals surface area (Å²) in [4.78, 5) is 117. The smallest absolute Gasteiger partial charge is 0.394 e. The number of imidazole rings is 1. The standard InChI is InChI=1S/C29H48N9O12P/c1-14(2)9-19(35-28(45)22-7-6-8-38(22)17(5)40)25(42)34-20(10-18-11-31-13-32-18)26(43)36-21(12-39)27(44)37-23(16(4)50-51(47,48)49)29(46)33-15(3)24(30)41/h11,13-16,19-23,39H,6-10,12H2,1-5H3,(H2,30,41)(H,31,32)(H,33,46)(H,34,42)(H,35,45)(H,36,43)(H,37,44)(H2,47,48,49)/t15-,16+,19-,20-,21-,22-,23-/m0/s1. The van der Waals surface area contributed by atoms with Crippen LogP contribution in [0.2, 0.25) is 0 Å². The number of aliphatic hydroxyl groups is 1. The van der Waals surface area contributed by atoms with Crippen LogP contribution >= 0.6 is 7.82 Å². The van der Waals surface area contributed by atoms with Gasteiger partial charge in [0.15, 0.2) is 0 Å². The minimum absolute atomic E-state index is 0.0936. The van der Waals surface area contributed by atoms with Gasteiger partial charge in [-0.15, -0.1) is 0 Å². The average Bonchev–Trinajstić information content (AvgIpc) is 3.73. The van der Waals surface area contributed by atoms with Gasteiger partial charge >= 0.3 is 7.82 Å². The number of nitrogens with zero attached hydrogens (tertiary/aromatic N) is 2. The van der Waals surface area contributed by atoms with Crippen LogP contribution in [0, 0.1) is 5.92 Å². The minimum Gasteiger partial charge on any atom is -0.394 e. The Kier molecular flexibility index (Phi) is 16.1. The highest BCUT2D eigenvalue weighted by Crippen LogP contribution is 2.38. The number of aromatic nitrogens is 2. The number of nitrogens with one attached hydrogen (secondary N) is 6. The molecule has 51 heavy (non-hydrogen) atoms. The molecule has 0 unspecified atom stereocenters. The number of aromatic amines is 1. The largest absolute Gasteiger partial charge is 0.469 e. The summed E-state index contributed by atoms with van der Waals surface area (Å²) in [7, 11) is -5.19. The predicted molar refractivity (Wildman–Crippen MR) is 176 cm³/mol. The summed E-state index contributed by atoms with van der Waals surface area (Å²) in [5, 5.41) is 21.9. The minimum atomic E-state index is -5.19. The van der Waals surface area contributed by atoms with Crippen molar-refractivity contribution < 1.29 is 57.5 Å². The quantitative estimate of drug-likeness (QED) is 0.0614. The Bertz CT molecular complexity index is 1450. The van der Waals surface area contributed by atoms with Gasteiger partial charge in [0.05, 0.1) is 19.0 Å². The first-order chi connectivity index (χ1) is 23.7. The number of likely N-dealkylation sites (tertiary alicyclic amines) is 1. The third-order valence-electron chi connectivity index (χ3n) is 7.87. The van der Waals surface area contributed by atoms with Crippen molar-refractivity contribution in [3.05, 3.63) is 18.2 Å². The van der Waals surface area contributed by atoms with Crippen LogP contribution in [0.1, 0.15) is 59.6 Å². The second-order valence-electron chi connectivity index (χ2n) is 12.6. The van der Waals surface area contributed by atoms with Crippen LogP contribution in [0.25, 0.3) is 0 Å². The van der Waals surface area contributed by atoms with Gasteiger partial charge in [-0.05, 0) is 39.0 Å². The zero-order valence-corrected chi connectivity index (χ0v) is 29.8. The molecule has 1 aromatic rings. The summed E-state index contributed by atoms with van der Waals surface area (Å²) in [6, 6.07) is -8.22. The van der Waals surface area contributed by atoms with E-state index >= 15 is 0 Å². The van der Waals surface area contributed by atoms with Gasteiger partial charge in [0.25, 0.3) is 0 Å². The molecule has 1 aliphatic heterocycles. The van der Waals surface area contributed by atoms with Gasteiger partial charge in [-0.3, -0.25) is 38.1 Å². The van der Waals surface area contributed by atoms with Crippen LogP contribution in [0.5, 0.6) is 0 Å². The van der Waals surface area contributed by atoms with Crippen molar-refractivity contribution in [1.29, 1.82) is 0 Å². The first-order valence-corrected chi connectivity index (χ1v) is 17.7. The first-order valence-electron chi connectivity index (χ1n) is 16.1. The van der Waals surface area contributed by atoms with Crippen molar-refractivity contribution in [2.24, 2.45) is 11.7 Å². The summed E-state index contributed by atoms with van der Waals surface area (Å²) in [5.74, 6) is -5.95. The van der Waals surface area contributed by atoms with E-state index in [2.05, 4.69) is 41.1 Å². The van der Waals surface area contributed by atoms with Crippen LogP contribution in [0.15, 0.2) is 12.5 Å². The third kappa shape index (κ3) is 13.7. The monoisotopic (exact) mass is 745 g/mol. The number of rotatable bonds is 19. The number of nitrogens with two attached hydrogens (primary N) is 1. The molecule has 22 heteroatoms. The SMILES string of the molecule is CC(=O)N1CCC[C@H]1C(=O)N[C@@H](CC(C)C)C(=O)N[C@@H](Cc1cnc[nH]1)C(=O)N[C@@H](CO)C(=O)N[C@H](C(=O)N[C@@H](C)C(N)=O)[C@@H](C)OP(=O)(O)O. The number of primary amides is 1.